The number of nitrogens with zero attached hydrogens (tertiary/aromatic N) is 1. The Morgan fingerprint density at radius 1 is 1.11 bits per heavy atom. The molecular weight excluding hydrogens is 352 g/mol. The van der Waals surface area contributed by atoms with Crippen molar-refractivity contribution in [2.45, 2.75) is 6.54 Å². The molecule has 0 aliphatic heterocycles. The summed E-state index contributed by atoms with van der Waals surface area (Å²) < 4.78 is 32.0. The maximum atomic E-state index is 13.8. The second-order valence-electron chi connectivity index (χ2n) is 5.67. The molecule has 0 aliphatic carbocycles. The van der Waals surface area contributed by atoms with Gasteiger partial charge < -0.3 is 15.4 Å². The van der Waals surface area contributed by atoms with Gasteiger partial charge in [0.25, 0.3) is 5.91 Å². The maximum absolute atomic E-state index is 13.8. The highest BCUT2D eigenvalue weighted by Crippen LogP contribution is 2.20. The predicted molar refractivity (Wildman–Crippen MR) is 98.0 cm³/mol. The average molecular weight is 369 g/mol. The van der Waals surface area contributed by atoms with Gasteiger partial charge >= 0.3 is 0 Å². The maximum Gasteiger partial charge on any atom is 0.251 e. The van der Waals surface area contributed by atoms with E-state index >= 15 is 0 Å². The number of halogens is 2. The van der Waals surface area contributed by atoms with Crippen molar-refractivity contribution >= 4 is 17.4 Å². The van der Waals surface area contributed by atoms with E-state index in [0.29, 0.717) is 17.9 Å². The third kappa shape index (κ3) is 4.58. The molecule has 1 heterocycles. The molecule has 1 amide bonds. The molecule has 1 aromatic heterocycles. The fourth-order valence-corrected chi connectivity index (χ4v) is 2.50. The van der Waals surface area contributed by atoms with Crippen LogP contribution in [0.2, 0.25) is 0 Å². The highest BCUT2D eigenvalue weighted by atomic mass is 19.1. The lowest BCUT2D eigenvalue weighted by atomic mass is 10.2. The minimum atomic E-state index is -0.747. The predicted octanol–water partition coefficient (Wildman–Crippen LogP) is 4.04. The Kier molecular flexibility index (Phi) is 5.61. The minimum Gasteiger partial charge on any atom is -0.496 e. The van der Waals surface area contributed by atoms with Crippen molar-refractivity contribution in [2.24, 2.45) is 0 Å². The molecule has 0 unspecified atom stereocenters. The lowest BCUT2D eigenvalue weighted by molar-refractivity contribution is 0.0950. The van der Waals surface area contributed by atoms with Crippen molar-refractivity contribution in [2.75, 3.05) is 12.4 Å². The number of methoxy groups -OCH3 is 1. The number of aromatic nitrogens is 1. The number of para-hydroxylation sites is 1. The first-order valence-corrected chi connectivity index (χ1v) is 8.15. The fraction of sp³-hybridized carbons (Fsp3) is 0.100. The van der Waals surface area contributed by atoms with Crippen LogP contribution in [0.25, 0.3) is 0 Å². The van der Waals surface area contributed by atoms with Crippen LogP contribution in [0.3, 0.4) is 0 Å². The van der Waals surface area contributed by atoms with Gasteiger partial charge in [0.1, 0.15) is 23.2 Å². The van der Waals surface area contributed by atoms with Crippen LogP contribution in [0.1, 0.15) is 15.9 Å². The Bertz CT molecular complexity index is 963. The second-order valence-corrected chi connectivity index (χ2v) is 5.67. The van der Waals surface area contributed by atoms with Gasteiger partial charge in [-0.1, -0.05) is 18.2 Å². The van der Waals surface area contributed by atoms with E-state index < -0.39 is 11.6 Å². The number of nitrogens with one attached hydrogen (secondary N) is 2. The minimum absolute atomic E-state index is 0.0653. The van der Waals surface area contributed by atoms with Gasteiger partial charge in [0.05, 0.1) is 12.8 Å². The van der Waals surface area contributed by atoms with E-state index in [1.165, 1.54) is 18.3 Å². The molecule has 2 N–H and O–H groups in total. The summed E-state index contributed by atoms with van der Waals surface area (Å²) in [5.74, 6) is -0.781. The molecule has 0 bridgehead atoms. The smallest absolute Gasteiger partial charge is 0.251 e. The zero-order valence-corrected chi connectivity index (χ0v) is 14.5. The molecule has 138 valence electrons. The first-order chi connectivity index (χ1) is 13.1. The Morgan fingerprint density at radius 2 is 1.93 bits per heavy atom. The van der Waals surface area contributed by atoms with E-state index in [2.05, 4.69) is 15.6 Å². The van der Waals surface area contributed by atoms with Gasteiger partial charge in [-0.2, -0.15) is 0 Å². The van der Waals surface area contributed by atoms with Crippen molar-refractivity contribution in [1.82, 2.24) is 10.3 Å². The summed E-state index contributed by atoms with van der Waals surface area (Å²) in [6, 6.07) is 13.6. The molecule has 0 fully saturated rings. The number of carbonyl (C=O) groups excluding carboxylic acids is 1. The van der Waals surface area contributed by atoms with Gasteiger partial charge in [0.2, 0.25) is 0 Å². The zero-order chi connectivity index (χ0) is 19.2. The van der Waals surface area contributed by atoms with Crippen LogP contribution in [0, 0.1) is 11.6 Å². The molecule has 27 heavy (non-hydrogen) atoms. The second kappa shape index (κ2) is 8.27. The fourth-order valence-electron chi connectivity index (χ4n) is 2.50. The van der Waals surface area contributed by atoms with Crippen molar-refractivity contribution in [3.63, 3.8) is 0 Å². The van der Waals surface area contributed by atoms with Gasteiger partial charge in [0, 0.05) is 29.9 Å². The van der Waals surface area contributed by atoms with Crippen LogP contribution in [0.5, 0.6) is 5.75 Å². The number of hydrogen-bond acceptors (Lipinski definition) is 4. The van der Waals surface area contributed by atoms with Gasteiger partial charge in [-0.25, -0.2) is 13.8 Å². The lowest BCUT2D eigenvalue weighted by Crippen LogP contribution is -2.23. The summed E-state index contributed by atoms with van der Waals surface area (Å²) in [7, 11) is 1.57. The summed E-state index contributed by atoms with van der Waals surface area (Å²) in [6.07, 6.45) is 1.43. The number of ether oxygens (including phenoxy) is 1. The van der Waals surface area contributed by atoms with Gasteiger partial charge in [-0.05, 0) is 30.3 Å². The molecule has 3 aromatic rings. The first kappa shape index (κ1) is 18.3. The number of carbonyl (C=O) groups is 1. The Morgan fingerprint density at radius 3 is 2.70 bits per heavy atom. The monoisotopic (exact) mass is 369 g/mol. The molecule has 7 heteroatoms. The largest absolute Gasteiger partial charge is 0.496 e. The molecule has 0 saturated heterocycles. The van der Waals surface area contributed by atoms with E-state index in [9.17, 15) is 13.6 Å². The zero-order valence-electron chi connectivity index (χ0n) is 14.5. The number of benzene rings is 2. The Labute approximate surface area is 155 Å². The molecule has 3 rings (SSSR count). The summed E-state index contributed by atoms with van der Waals surface area (Å²) in [6.45, 7) is 0.292. The number of amides is 1. The molecule has 0 saturated carbocycles. The van der Waals surface area contributed by atoms with E-state index in [-0.39, 0.29) is 17.4 Å². The summed E-state index contributed by atoms with van der Waals surface area (Å²) in [5, 5.41) is 5.54. The third-order valence-electron chi connectivity index (χ3n) is 3.85. The lowest BCUT2D eigenvalue weighted by Gasteiger charge is -2.11. The van der Waals surface area contributed by atoms with Crippen molar-refractivity contribution < 1.29 is 18.3 Å². The standard InChI is InChI=1S/C20H17F2N3O2/c1-27-18-5-3-2-4-14(18)12-24-20(26)13-8-9-23-19(10-13)25-17-7-6-15(21)11-16(17)22/h2-11H,12H2,1H3,(H,23,25)(H,24,26). The molecule has 0 spiro atoms. The molecule has 0 aliphatic rings. The number of anilines is 2. The van der Waals surface area contributed by atoms with E-state index in [1.807, 2.05) is 24.3 Å². The van der Waals surface area contributed by atoms with Crippen LogP contribution in [0.15, 0.2) is 60.8 Å². The van der Waals surface area contributed by atoms with Crippen LogP contribution in [-0.4, -0.2) is 18.0 Å². The van der Waals surface area contributed by atoms with Gasteiger partial charge in [0.15, 0.2) is 0 Å². The van der Waals surface area contributed by atoms with Crippen molar-refractivity contribution in [3.8, 4) is 5.75 Å². The molecular formula is C20H17F2N3O2. The first-order valence-electron chi connectivity index (χ1n) is 8.15. The van der Waals surface area contributed by atoms with Gasteiger partial charge in [-0.15, -0.1) is 0 Å². The molecule has 0 radical (unpaired) electrons. The van der Waals surface area contributed by atoms with Gasteiger partial charge in [-0.3, -0.25) is 4.79 Å². The topological polar surface area (TPSA) is 63.2 Å². The summed E-state index contributed by atoms with van der Waals surface area (Å²) in [5.41, 5.74) is 1.26. The van der Waals surface area contributed by atoms with Crippen LogP contribution in [0.4, 0.5) is 20.3 Å². The number of pyridine rings is 1. The Hall–Kier alpha value is -3.48. The molecule has 2 aromatic carbocycles. The molecule has 5 nitrogen and oxygen atoms in total. The quantitative estimate of drug-likeness (QED) is 0.688. The van der Waals surface area contributed by atoms with Crippen molar-refractivity contribution in [1.29, 1.82) is 0 Å². The van der Waals surface area contributed by atoms with E-state index in [0.717, 1.165) is 17.7 Å². The highest BCUT2D eigenvalue weighted by molar-refractivity contribution is 5.94. The van der Waals surface area contributed by atoms with Crippen LogP contribution >= 0.6 is 0 Å². The normalized spacial score (nSPS) is 10.3. The van der Waals surface area contributed by atoms with Crippen LogP contribution in [-0.2, 0) is 6.54 Å². The highest BCUT2D eigenvalue weighted by Gasteiger charge is 2.10. The molecule has 0 atom stereocenters. The van der Waals surface area contributed by atoms with E-state index in [1.54, 1.807) is 13.2 Å². The van der Waals surface area contributed by atoms with E-state index in [4.69, 9.17) is 4.74 Å². The summed E-state index contributed by atoms with van der Waals surface area (Å²) in [4.78, 5) is 16.5. The Balaban J connectivity index is 1.70. The van der Waals surface area contributed by atoms with Crippen LogP contribution < -0.4 is 15.4 Å². The average Bonchev–Trinajstić information content (AvgIpc) is 2.68. The third-order valence-corrected chi connectivity index (χ3v) is 3.85. The summed E-state index contributed by atoms with van der Waals surface area (Å²) >= 11 is 0. The number of rotatable bonds is 6. The number of hydrogen-bond donors (Lipinski definition) is 2. The van der Waals surface area contributed by atoms with Crippen molar-refractivity contribution in [3.05, 3.63) is 83.6 Å². The SMILES string of the molecule is COc1ccccc1CNC(=O)c1ccnc(Nc2ccc(F)cc2F)c1.